The van der Waals surface area contributed by atoms with Crippen molar-refractivity contribution in [1.29, 1.82) is 0 Å². The molecule has 0 aliphatic carbocycles. The van der Waals surface area contributed by atoms with Gasteiger partial charge in [-0.15, -0.1) is 0 Å². The lowest BCUT2D eigenvalue weighted by atomic mass is 10.0. The van der Waals surface area contributed by atoms with Crippen LogP contribution in [-0.4, -0.2) is 17.7 Å². The average Bonchev–Trinajstić information content (AvgIpc) is 2.80. The smallest absolute Gasteiger partial charge is 0.121 e. The van der Waals surface area contributed by atoms with Gasteiger partial charge in [-0.1, -0.05) is 65.8 Å². The molecular weight excluding hydrogens is 382 g/mol. The number of nitrogens with zero attached hydrogens (tertiary/aromatic N) is 2. The summed E-state index contributed by atoms with van der Waals surface area (Å²) in [6, 6.07) is 23.4. The summed E-state index contributed by atoms with van der Waals surface area (Å²) < 4.78 is 2.46. The van der Waals surface area contributed by atoms with Crippen molar-refractivity contribution in [2.75, 3.05) is 13.2 Å². The Kier molecular flexibility index (Phi) is 6.68. The summed E-state index contributed by atoms with van der Waals surface area (Å²) in [7, 11) is 0. The highest BCUT2D eigenvalue weighted by molar-refractivity contribution is 5.95. The van der Waals surface area contributed by atoms with E-state index in [-0.39, 0.29) is 0 Å². The van der Waals surface area contributed by atoms with Crippen LogP contribution in [0.5, 0.6) is 0 Å². The van der Waals surface area contributed by atoms with E-state index in [1.807, 2.05) is 6.92 Å². The standard InChI is InChI=1S/C27H31N3O/c1-4-31-29-26-23-13-8-9-14-25(23)30(27-21(3)20(2)15-16-24(26)27)18-10-17-28-19-22-11-6-5-7-12-22/h5-9,11-16,28H,4,10,17-19H2,1-3H3. The lowest BCUT2D eigenvalue weighted by molar-refractivity contribution is 0.148. The number of aromatic nitrogens is 1. The fourth-order valence-electron chi connectivity index (χ4n) is 4.17. The first kappa shape index (κ1) is 21.1. The molecule has 4 heteroatoms. The van der Waals surface area contributed by atoms with Crippen LogP contribution in [0.1, 0.15) is 30.0 Å². The van der Waals surface area contributed by atoms with Crippen molar-refractivity contribution in [2.24, 2.45) is 5.16 Å². The van der Waals surface area contributed by atoms with Crippen LogP contribution in [0.4, 0.5) is 0 Å². The highest BCUT2D eigenvalue weighted by Gasteiger charge is 2.13. The van der Waals surface area contributed by atoms with Gasteiger partial charge in [0.15, 0.2) is 0 Å². The van der Waals surface area contributed by atoms with Crippen molar-refractivity contribution in [1.82, 2.24) is 9.88 Å². The van der Waals surface area contributed by atoms with Crippen molar-refractivity contribution in [3.05, 3.63) is 88.8 Å². The maximum atomic E-state index is 5.51. The number of fused-ring (bicyclic) bond motifs is 2. The van der Waals surface area contributed by atoms with Crippen LogP contribution in [0.25, 0.3) is 21.8 Å². The molecule has 31 heavy (non-hydrogen) atoms. The van der Waals surface area contributed by atoms with Gasteiger partial charge in [0, 0.05) is 23.9 Å². The average molecular weight is 414 g/mol. The van der Waals surface area contributed by atoms with E-state index in [2.05, 4.69) is 95.6 Å². The molecule has 4 rings (SSSR count). The number of aryl methyl sites for hydroxylation is 3. The molecule has 1 N–H and O–H groups in total. The van der Waals surface area contributed by atoms with Crippen LogP contribution in [0.15, 0.2) is 71.9 Å². The number of hydrogen-bond acceptors (Lipinski definition) is 3. The Balaban J connectivity index is 1.70. The number of benzene rings is 3. The fourth-order valence-corrected chi connectivity index (χ4v) is 4.17. The molecule has 4 nitrogen and oxygen atoms in total. The zero-order chi connectivity index (χ0) is 21.6. The Bertz CT molecular complexity index is 1240. The minimum Gasteiger partial charge on any atom is -0.396 e. The first-order chi connectivity index (χ1) is 15.2. The maximum Gasteiger partial charge on any atom is 0.121 e. The largest absolute Gasteiger partial charge is 0.396 e. The van der Waals surface area contributed by atoms with E-state index in [0.717, 1.165) is 42.2 Å². The SMILES string of the molecule is CCON=c1c2ccccc2n(CCCNCc2ccccc2)c2c(C)c(C)ccc12. The van der Waals surface area contributed by atoms with Crippen LogP contribution in [-0.2, 0) is 17.9 Å². The van der Waals surface area contributed by atoms with Crippen molar-refractivity contribution in [2.45, 2.75) is 40.3 Å². The van der Waals surface area contributed by atoms with Gasteiger partial charge in [0.1, 0.15) is 12.0 Å². The topological polar surface area (TPSA) is 38.5 Å². The van der Waals surface area contributed by atoms with Crippen LogP contribution < -0.4 is 10.7 Å². The van der Waals surface area contributed by atoms with Gasteiger partial charge in [-0.25, -0.2) is 0 Å². The molecule has 0 aliphatic heterocycles. The van der Waals surface area contributed by atoms with Gasteiger partial charge in [0.2, 0.25) is 0 Å². The molecule has 0 bridgehead atoms. The Morgan fingerprint density at radius 1 is 0.903 bits per heavy atom. The van der Waals surface area contributed by atoms with Crippen molar-refractivity contribution in [3.8, 4) is 0 Å². The number of pyridine rings is 1. The predicted molar refractivity (Wildman–Crippen MR) is 129 cm³/mol. The van der Waals surface area contributed by atoms with Gasteiger partial charge >= 0.3 is 0 Å². The zero-order valence-electron chi connectivity index (χ0n) is 18.7. The van der Waals surface area contributed by atoms with Crippen LogP contribution in [0, 0.1) is 13.8 Å². The van der Waals surface area contributed by atoms with Crippen molar-refractivity contribution < 1.29 is 4.84 Å². The summed E-state index contributed by atoms with van der Waals surface area (Å²) >= 11 is 0. The molecule has 4 aromatic rings. The minimum absolute atomic E-state index is 0.558. The first-order valence-electron chi connectivity index (χ1n) is 11.1. The number of hydrogen-bond donors (Lipinski definition) is 1. The lowest BCUT2D eigenvalue weighted by Crippen LogP contribution is -2.19. The summed E-state index contributed by atoms with van der Waals surface area (Å²) in [5.41, 5.74) is 6.36. The first-order valence-corrected chi connectivity index (χ1v) is 11.1. The summed E-state index contributed by atoms with van der Waals surface area (Å²) in [5.74, 6) is 0. The third-order valence-electron chi connectivity index (χ3n) is 5.87. The van der Waals surface area contributed by atoms with E-state index >= 15 is 0 Å². The quantitative estimate of drug-likeness (QED) is 0.237. The minimum atomic E-state index is 0.558. The molecule has 1 heterocycles. The normalized spacial score (nSPS) is 12.0. The van der Waals surface area contributed by atoms with E-state index in [0.29, 0.717) is 6.61 Å². The van der Waals surface area contributed by atoms with Crippen molar-refractivity contribution >= 4 is 21.8 Å². The molecule has 0 fully saturated rings. The van der Waals surface area contributed by atoms with E-state index in [1.54, 1.807) is 0 Å². The molecule has 0 aliphatic rings. The van der Waals surface area contributed by atoms with Gasteiger partial charge in [0.25, 0.3) is 0 Å². The Morgan fingerprint density at radius 2 is 1.68 bits per heavy atom. The third-order valence-corrected chi connectivity index (χ3v) is 5.87. The molecule has 0 saturated heterocycles. The van der Waals surface area contributed by atoms with Crippen molar-refractivity contribution in [3.63, 3.8) is 0 Å². The van der Waals surface area contributed by atoms with Gasteiger partial charge < -0.3 is 14.7 Å². The number of rotatable bonds is 8. The number of nitrogens with one attached hydrogen (secondary N) is 1. The monoisotopic (exact) mass is 413 g/mol. The van der Waals surface area contributed by atoms with E-state index in [4.69, 9.17) is 4.84 Å². The molecule has 3 aromatic carbocycles. The van der Waals surface area contributed by atoms with Crippen LogP contribution in [0.3, 0.4) is 0 Å². The van der Waals surface area contributed by atoms with Gasteiger partial charge in [-0.05, 0) is 56.5 Å². The fraction of sp³-hybridized carbons (Fsp3) is 0.296. The lowest BCUT2D eigenvalue weighted by Gasteiger charge is -2.19. The molecule has 0 atom stereocenters. The molecular formula is C27H31N3O. The summed E-state index contributed by atoms with van der Waals surface area (Å²) in [6.07, 6.45) is 1.05. The summed E-state index contributed by atoms with van der Waals surface area (Å²) in [5, 5.41) is 11.3. The molecule has 0 saturated carbocycles. The zero-order valence-corrected chi connectivity index (χ0v) is 18.7. The molecule has 1 aromatic heterocycles. The Labute approximate surface area is 184 Å². The van der Waals surface area contributed by atoms with Gasteiger partial charge in [0.05, 0.1) is 11.0 Å². The Hall–Kier alpha value is -3.11. The molecule has 0 amide bonds. The molecule has 160 valence electrons. The summed E-state index contributed by atoms with van der Waals surface area (Å²) in [6.45, 7) is 9.72. The van der Waals surface area contributed by atoms with Crippen LogP contribution in [0.2, 0.25) is 0 Å². The second kappa shape index (κ2) is 9.80. The third kappa shape index (κ3) is 4.49. The molecule has 0 radical (unpaired) electrons. The van der Waals surface area contributed by atoms with Crippen LogP contribution >= 0.6 is 0 Å². The predicted octanol–water partition coefficient (Wildman–Crippen LogP) is 5.44. The maximum absolute atomic E-state index is 5.51. The van der Waals surface area contributed by atoms with Gasteiger partial charge in [-0.3, -0.25) is 0 Å². The van der Waals surface area contributed by atoms with E-state index in [1.165, 1.54) is 27.7 Å². The highest BCUT2D eigenvalue weighted by Crippen LogP contribution is 2.25. The molecule has 0 unspecified atom stereocenters. The van der Waals surface area contributed by atoms with Gasteiger partial charge in [-0.2, -0.15) is 0 Å². The van der Waals surface area contributed by atoms with E-state index in [9.17, 15) is 0 Å². The second-order valence-electron chi connectivity index (χ2n) is 7.95. The molecule has 0 spiro atoms. The van der Waals surface area contributed by atoms with E-state index < -0.39 is 0 Å². The second-order valence-corrected chi connectivity index (χ2v) is 7.95. The number of para-hydroxylation sites is 1. The Morgan fingerprint density at radius 3 is 2.48 bits per heavy atom. The highest BCUT2D eigenvalue weighted by atomic mass is 16.6. The summed E-state index contributed by atoms with van der Waals surface area (Å²) in [4.78, 5) is 5.51.